The number of hydrogen-bond donors (Lipinski definition) is 1. The number of nitrogens with two attached hydrogens (primary N) is 1. The molecule has 1 aromatic carbocycles. The number of unbranched alkanes of at least 4 members (excludes halogenated alkanes) is 1. The van der Waals surface area contributed by atoms with E-state index in [1.54, 1.807) is 0 Å². The van der Waals surface area contributed by atoms with Gasteiger partial charge in [0.25, 0.3) is 0 Å². The average Bonchev–Trinajstić information content (AvgIpc) is 2.42. The van der Waals surface area contributed by atoms with E-state index >= 15 is 0 Å². The lowest BCUT2D eigenvalue weighted by atomic mass is 9.85. The fourth-order valence-corrected chi connectivity index (χ4v) is 3.16. The molecule has 0 aliphatic heterocycles. The minimum Gasteiger partial charge on any atom is -0.330 e. The van der Waals surface area contributed by atoms with E-state index in [-0.39, 0.29) is 0 Å². The molecule has 0 aliphatic rings. The van der Waals surface area contributed by atoms with Crippen LogP contribution in [0.4, 0.5) is 0 Å². The summed E-state index contributed by atoms with van der Waals surface area (Å²) in [5, 5.41) is 0. The predicted octanol–water partition coefficient (Wildman–Crippen LogP) is 5.17. The van der Waals surface area contributed by atoms with Crippen LogP contribution in [0.25, 0.3) is 0 Å². The van der Waals surface area contributed by atoms with Gasteiger partial charge in [0, 0.05) is 4.47 Å². The lowest BCUT2D eigenvalue weighted by Gasteiger charge is -2.21. The number of benzene rings is 1. The molecule has 108 valence electrons. The molecule has 19 heavy (non-hydrogen) atoms. The number of halogens is 1. The maximum absolute atomic E-state index is 5.98. The highest BCUT2D eigenvalue weighted by atomic mass is 79.9. The molecule has 0 radical (unpaired) electrons. The molecule has 2 unspecified atom stereocenters. The Balaban J connectivity index is 2.52. The van der Waals surface area contributed by atoms with E-state index < -0.39 is 0 Å². The van der Waals surface area contributed by atoms with Crippen LogP contribution in [-0.4, -0.2) is 6.54 Å². The minimum atomic E-state index is 0.621. The zero-order valence-electron chi connectivity index (χ0n) is 12.4. The second kappa shape index (κ2) is 9.55. The summed E-state index contributed by atoms with van der Waals surface area (Å²) in [6, 6.07) is 8.62. The Morgan fingerprint density at radius 2 is 2.00 bits per heavy atom. The summed E-state index contributed by atoms with van der Waals surface area (Å²) >= 11 is 3.54. The topological polar surface area (TPSA) is 26.0 Å². The van der Waals surface area contributed by atoms with Gasteiger partial charge >= 0.3 is 0 Å². The lowest BCUT2D eigenvalue weighted by Crippen LogP contribution is -2.20. The molecule has 0 aliphatic carbocycles. The van der Waals surface area contributed by atoms with Crippen molar-refractivity contribution in [3.8, 4) is 0 Å². The normalized spacial score (nSPS) is 14.3. The maximum atomic E-state index is 5.98. The van der Waals surface area contributed by atoms with Crippen molar-refractivity contribution in [2.24, 2.45) is 17.6 Å². The van der Waals surface area contributed by atoms with E-state index in [0.29, 0.717) is 5.92 Å². The van der Waals surface area contributed by atoms with Gasteiger partial charge in [-0.1, -0.05) is 67.6 Å². The van der Waals surface area contributed by atoms with Crippen LogP contribution >= 0.6 is 15.9 Å². The zero-order chi connectivity index (χ0) is 14.1. The Morgan fingerprint density at radius 3 is 2.58 bits per heavy atom. The molecule has 0 spiro atoms. The highest BCUT2D eigenvalue weighted by Gasteiger charge is 2.14. The van der Waals surface area contributed by atoms with Gasteiger partial charge < -0.3 is 5.73 Å². The van der Waals surface area contributed by atoms with Gasteiger partial charge in [-0.25, -0.2) is 0 Å². The van der Waals surface area contributed by atoms with E-state index in [0.717, 1.165) is 18.9 Å². The molecule has 0 aromatic heterocycles. The Labute approximate surface area is 127 Å². The van der Waals surface area contributed by atoms with Gasteiger partial charge in [0.05, 0.1) is 0 Å². The van der Waals surface area contributed by atoms with Gasteiger partial charge in [-0.05, 0) is 48.9 Å². The van der Waals surface area contributed by atoms with Crippen LogP contribution in [0.3, 0.4) is 0 Å². The van der Waals surface area contributed by atoms with Gasteiger partial charge in [-0.3, -0.25) is 0 Å². The first-order valence-electron chi connectivity index (χ1n) is 7.64. The van der Waals surface area contributed by atoms with Gasteiger partial charge in [0.2, 0.25) is 0 Å². The standard InChI is InChI=1S/C17H28BrN/c1-3-5-7-14(4-2)10-16(13-19)11-15-8-6-9-17(18)12-15/h6,8-9,12,14,16H,3-5,7,10-11,13,19H2,1-2H3. The Bertz CT molecular complexity index is 351. The molecule has 1 rings (SSSR count). The summed E-state index contributed by atoms with van der Waals surface area (Å²) < 4.78 is 1.17. The van der Waals surface area contributed by atoms with Crippen LogP contribution < -0.4 is 5.73 Å². The van der Waals surface area contributed by atoms with Crippen LogP contribution in [-0.2, 0) is 6.42 Å². The summed E-state index contributed by atoms with van der Waals surface area (Å²) in [6.07, 6.45) is 7.69. The zero-order valence-corrected chi connectivity index (χ0v) is 14.0. The van der Waals surface area contributed by atoms with E-state index in [9.17, 15) is 0 Å². The Morgan fingerprint density at radius 1 is 1.21 bits per heavy atom. The molecule has 0 saturated carbocycles. The van der Waals surface area contributed by atoms with Crippen LogP contribution in [0.5, 0.6) is 0 Å². The molecule has 2 atom stereocenters. The third kappa shape index (κ3) is 6.58. The molecular formula is C17H28BrN. The predicted molar refractivity (Wildman–Crippen MR) is 88.3 cm³/mol. The molecule has 0 heterocycles. The molecular weight excluding hydrogens is 298 g/mol. The van der Waals surface area contributed by atoms with Crippen LogP contribution in [0, 0.1) is 11.8 Å². The molecule has 0 bridgehead atoms. The second-order valence-electron chi connectivity index (χ2n) is 5.59. The molecule has 0 fully saturated rings. The largest absolute Gasteiger partial charge is 0.330 e. The van der Waals surface area contributed by atoms with Crippen molar-refractivity contribution in [3.63, 3.8) is 0 Å². The van der Waals surface area contributed by atoms with E-state index in [1.165, 1.54) is 42.1 Å². The fourth-order valence-electron chi connectivity index (χ4n) is 2.71. The summed E-state index contributed by atoms with van der Waals surface area (Å²) in [7, 11) is 0. The summed E-state index contributed by atoms with van der Waals surface area (Å²) in [6.45, 7) is 5.39. The third-order valence-corrected chi connectivity index (χ3v) is 4.45. The van der Waals surface area contributed by atoms with Crippen molar-refractivity contribution >= 4 is 15.9 Å². The number of hydrogen-bond acceptors (Lipinski definition) is 1. The van der Waals surface area contributed by atoms with Crippen molar-refractivity contribution in [2.75, 3.05) is 6.54 Å². The first kappa shape index (κ1) is 16.7. The molecule has 2 N–H and O–H groups in total. The number of rotatable bonds is 9. The van der Waals surface area contributed by atoms with E-state index in [2.05, 4.69) is 54.0 Å². The Hall–Kier alpha value is -0.340. The fraction of sp³-hybridized carbons (Fsp3) is 0.647. The minimum absolute atomic E-state index is 0.621. The molecule has 1 aromatic rings. The van der Waals surface area contributed by atoms with Gasteiger partial charge in [0.1, 0.15) is 0 Å². The molecule has 0 amide bonds. The summed E-state index contributed by atoms with van der Waals surface area (Å²) in [5.41, 5.74) is 7.38. The SMILES string of the molecule is CCCCC(CC)CC(CN)Cc1cccc(Br)c1. The highest BCUT2D eigenvalue weighted by Crippen LogP contribution is 2.24. The maximum Gasteiger partial charge on any atom is 0.0177 e. The monoisotopic (exact) mass is 325 g/mol. The molecule has 1 nitrogen and oxygen atoms in total. The smallest absolute Gasteiger partial charge is 0.0177 e. The van der Waals surface area contributed by atoms with Crippen LogP contribution in [0.1, 0.15) is 51.5 Å². The second-order valence-corrected chi connectivity index (χ2v) is 6.50. The highest BCUT2D eigenvalue weighted by molar-refractivity contribution is 9.10. The average molecular weight is 326 g/mol. The summed E-state index contributed by atoms with van der Waals surface area (Å²) in [5.74, 6) is 1.47. The molecule has 0 saturated heterocycles. The van der Waals surface area contributed by atoms with Crippen molar-refractivity contribution in [1.82, 2.24) is 0 Å². The van der Waals surface area contributed by atoms with Gasteiger partial charge in [-0.15, -0.1) is 0 Å². The Kier molecular flexibility index (Phi) is 8.40. The first-order valence-corrected chi connectivity index (χ1v) is 8.43. The first-order chi connectivity index (χ1) is 9.19. The van der Waals surface area contributed by atoms with E-state index in [4.69, 9.17) is 5.73 Å². The van der Waals surface area contributed by atoms with Crippen LogP contribution in [0.2, 0.25) is 0 Å². The third-order valence-electron chi connectivity index (χ3n) is 3.96. The van der Waals surface area contributed by atoms with E-state index in [1.807, 2.05) is 0 Å². The lowest BCUT2D eigenvalue weighted by molar-refractivity contribution is 0.339. The van der Waals surface area contributed by atoms with Crippen molar-refractivity contribution in [3.05, 3.63) is 34.3 Å². The van der Waals surface area contributed by atoms with Crippen molar-refractivity contribution < 1.29 is 0 Å². The van der Waals surface area contributed by atoms with Gasteiger partial charge in [0.15, 0.2) is 0 Å². The molecule has 2 heteroatoms. The van der Waals surface area contributed by atoms with Crippen molar-refractivity contribution in [1.29, 1.82) is 0 Å². The van der Waals surface area contributed by atoms with Gasteiger partial charge in [-0.2, -0.15) is 0 Å². The van der Waals surface area contributed by atoms with Crippen molar-refractivity contribution in [2.45, 2.75) is 52.4 Å². The quantitative estimate of drug-likeness (QED) is 0.665. The van der Waals surface area contributed by atoms with Crippen LogP contribution in [0.15, 0.2) is 28.7 Å². The summed E-state index contributed by atoms with van der Waals surface area (Å²) in [4.78, 5) is 0.